The highest BCUT2D eigenvalue weighted by atomic mass is 35.5. The molecule has 2 unspecified atom stereocenters. The molecule has 0 aliphatic heterocycles. The number of amides is 2. The number of hydrogen-bond acceptors (Lipinski definition) is 4. The molecule has 6 nitrogen and oxygen atoms in total. The van der Waals surface area contributed by atoms with Crippen molar-refractivity contribution in [2.24, 2.45) is 5.41 Å². The van der Waals surface area contributed by atoms with Crippen LogP contribution in [0.15, 0.2) is 48.5 Å². The Labute approximate surface area is 193 Å². The molecule has 0 saturated carbocycles. The largest absolute Gasteiger partial charge is 0.481 e. The number of benzene rings is 2. The van der Waals surface area contributed by atoms with E-state index in [0.29, 0.717) is 34.6 Å². The van der Waals surface area contributed by atoms with E-state index in [-0.39, 0.29) is 17.2 Å². The summed E-state index contributed by atoms with van der Waals surface area (Å²) < 4.78 is 11.2. The molecular formula is C23H28Cl2N2O4. The monoisotopic (exact) mass is 466 g/mol. The first-order valence-electron chi connectivity index (χ1n) is 9.95. The minimum absolute atomic E-state index is 0.253. The van der Waals surface area contributed by atoms with Crippen molar-refractivity contribution in [2.75, 3.05) is 13.1 Å². The lowest BCUT2D eigenvalue weighted by Crippen LogP contribution is -2.47. The molecule has 2 atom stereocenters. The second-order valence-electron chi connectivity index (χ2n) is 8.03. The summed E-state index contributed by atoms with van der Waals surface area (Å²) in [4.78, 5) is 24.7. The van der Waals surface area contributed by atoms with E-state index in [1.165, 1.54) is 0 Å². The molecule has 0 spiro atoms. The normalized spacial score (nSPS) is 13.1. The van der Waals surface area contributed by atoms with Gasteiger partial charge in [-0.15, -0.1) is 0 Å². The van der Waals surface area contributed by atoms with Crippen LogP contribution in [0.1, 0.15) is 27.7 Å². The first kappa shape index (κ1) is 24.8. The van der Waals surface area contributed by atoms with Gasteiger partial charge in [0.1, 0.15) is 11.5 Å². The zero-order valence-electron chi connectivity index (χ0n) is 18.1. The predicted molar refractivity (Wildman–Crippen MR) is 123 cm³/mol. The molecular weight excluding hydrogens is 439 g/mol. The van der Waals surface area contributed by atoms with E-state index in [9.17, 15) is 9.59 Å². The minimum atomic E-state index is -0.685. The lowest BCUT2D eigenvalue weighted by molar-refractivity contribution is -0.128. The van der Waals surface area contributed by atoms with Gasteiger partial charge in [-0.1, -0.05) is 49.2 Å². The predicted octanol–water partition coefficient (Wildman–Crippen LogP) is 4.49. The summed E-state index contributed by atoms with van der Waals surface area (Å²) in [6, 6.07) is 13.8. The third-order valence-electron chi connectivity index (χ3n) is 4.44. The van der Waals surface area contributed by atoms with E-state index in [0.717, 1.165) is 0 Å². The molecule has 0 fully saturated rings. The fourth-order valence-electron chi connectivity index (χ4n) is 2.60. The van der Waals surface area contributed by atoms with Gasteiger partial charge in [0.2, 0.25) is 0 Å². The van der Waals surface area contributed by atoms with Gasteiger partial charge in [-0.05, 0) is 55.7 Å². The SMILES string of the molecule is CC(Oc1cccc(Cl)c1)C(=O)NCC(C)(C)CNC(=O)C(C)Oc1cccc(Cl)c1. The maximum absolute atomic E-state index is 12.4. The molecule has 31 heavy (non-hydrogen) atoms. The molecule has 2 N–H and O–H groups in total. The van der Waals surface area contributed by atoms with Crippen LogP contribution in [0.5, 0.6) is 11.5 Å². The smallest absolute Gasteiger partial charge is 0.260 e. The van der Waals surface area contributed by atoms with Gasteiger partial charge >= 0.3 is 0 Å². The number of halogens is 2. The van der Waals surface area contributed by atoms with Crippen molar-refractivity contribution >= 4 is 35.0 Å². The summed E-state index contributed by atoms with van der Waals surface area (Å²) in [5.41, 5.74) is -0.378. The lowest BCUT2D eigenvalue weighted by Gasteiger charge is -2.27. The van der Waals surface area contributed by atoms with Gasteiger partial charge in [-0.3, -0.25) is 9.59 Å². The van der Waals surface area contributed by atoms with Gasteiger partial charge in [0.15, 0.2) is 12.2 Å². The number of carbonyl (C=O) groups excluding carboxylic acids is 2. The van der Waals surface area contributed by atoms with Crippen LogP contribution in [0, 0.1) is 5.41 Å². The molecule has 8 heteroatoms. The summed E-state index contributed by atoms with van der Waals surface area (Å²) in [6.45, 7) is 7.94. The second-order valence-corrected chi connectivity index (χ2v) is 8.91. The summed E-state index contributed by atoms with van der Waals surface area (Å²) in [5.74, 6) is 0.541. The zero-order valence-corrected chi connectivity index (χ0v) is 19.6. The summed E-state index contributed by atoms with van der Waals surface area (Å²) in [6.07, 6.45) is -1.37. The van der Waals surface area contributed by atoms with Gasteiger partial charge in [-0.2, -0.15) is 0 Å². The first-order valence-corrected chi connectivity index (χ1v) is 10.7. The Balaban J connectivity index is 1.77. The molecule has 168 valence electrons. The van der Waals surface area contributed by atoms with E-state index in [2.05, 4.69) is 10.6 Å². The van der Waals surface area contributed by atoms with Crippen molar-refractivity contribution < 1.29 is 19.1 Å². The van der Waals surface area contributed by atoms with Crippen LogP contribution >= 0.6 is 23.2 Å². The molecule has 0 aliphatic carbocycles. The molecule has 0 heterocycles. The van der Waals surface area contributed by atoms with E-state index in [1.54, 1.807) is 62.4 Å². The Kier molecular flexibility index (Phi) is 9.01. The highest BCUT2D eigenvalue weighted by Gasteiger charge is 2.24. The van der Waals surface area contributed by atoms with Crippen LogP contribution in [0.2, 0.25) is 10.0 Å². The van der Waals surface area contributed by atoms with Gasteiger partial charge < -0.3 is 20.1 Å². The van der Waals surface area contributed by atoms with Crippen molar-refractivity contribution in [1.29, 1.82) is 0 Å². The minimum Gasteiger partial charge on any atom is -0.481 e. The number of carbonyl (C=O) groups is 2. The molecule has 0 aromatic heterocycles. The van der Waals surface area contributed by atoms with Gasteiger partial charge in [0.05, 0.1) is 0 Å². The Bertz CT molecular complexity index is 833. The summed E-state index contributed by atoms with van der Waals surface area (Å²) in [7, 11) is 0. The molecule has 0 radical (unpaired) electrons. The highest BCUT2D eigenvalue weighted by Crippen LogP contribution is 2.20. The average Bonchev–Trinajstić information content (AvgIpc) is 2.70. The molecule has 2 amide bonds. The fraction of sp³-hybridized carbons (Fsp3) is 0.391. The third-order valence-corrected chi connectivity index (χ3v) is 4.91. The van der Waals surface area contributed by atoms with Gasteiger partial charge in [0.25, 0.3) is 11.8 Å². The van der Waals surface area contributed by atoms with E-state index < -0.39 is 12.2 Å². The topological polar surface area (TPSA) is 76.7 Å². The Morgan fingerprint density at radius 3 is 1.58 bits per heavy atom. The molecule has 0 saturated heterocycles. The summed E-state index contributed by atoms with van der Waals surface area (Å²) in [5, 5.41) is 6.80. The van der Waals surface area contributed by atoms with Crippen molar-refractivity contribution in [2.45, 2.75) is 39.9 Å². The van der Waals surface area contributed by atoms with E-state index in [4.69, 9.17) is 32.7 Å². The van der Waals surface area contributed by atoms with Crippen molar-refractivity contribution in [3.05, 3.63) is 58.6 Å². The van der Waals surface area contributed by atoms with Gasteiger partial charge in [0, 0.05) is 23.1 Å². The molecule has 0 aliphatic rings. The van der Waals surface area contributed by atoms with Crippen LogP contribution in [0.3, 0.4) is 0 Å². The maximum atomic E-state index is 12.4. The quantitative estimate of drug-likeness (QED) is 0.540. The Morgan fingerprint density at radius 2 is 1.23 bits per heavy atom. The average molecular weight is 467 g/mol. The Hall–Kier alpha value is -2.44. The summed E-state index contributed by atoms with van der Waals surface area (Å²) >= 11 is 11.9. The number of hydrogen-bond donors (Lipinski definition) is 2. The molecule has 2 aromatic rings. The highest BCUT2D eigenvalue weighted by molar-refractivity contribution is 6.31. The standard InChI is InChI=1S/C23H28Cl2N2O4/c1-15(30-19-9-5-7-17(24)11-19)21(28)26-13-23(3,4)14-27-22(29)16(2)31-20-10-6-8-18(25)12-20/h5-12,15-16H,13-14H2,1-4H3,(H,26,28)(H,27,29). The third kappa shape index (κ3) is 8.67. The maximum Gasteiger partial charge on any atom is 0.260 e. The lowest BCUT2D eigenvalue weighted by atomic mass is 9.93. The molecule has 2 aromatic carbocycles. The van der Waals surface area contributed by atoms with Crippen LogP contribution < -0.4 is 20.1 Å². The molecule has 0 bridgehead atoms. The van der Waals surface area contributed by atoms with Gasteiger partial charge in [-0.25, -0.2) is 0 Å². The first-order chi connectivity index (χ1) is 14.6. The van der Waals surface area contributed by atoms with Crippen LogP contribution in [0.25, 0.3) is 0 Å². The number of nitrogens with one attached hydrogen (secondary N) is 2. The van der Waals surface area contributed by atoms with Crippen LogP contribution in [0.4, 0.5) is 0 Å². The fourth-order valence-corrected chi connectivity index (χ4v) is 2.96. The van der Waals surface area contributed by atoms with Crippen LogP contribution in [-0.4, -0.2) is 37.1 Å². The zero-order chi connectivity index (χ0) is 23.0. The van der Waals surface area contributed by atoms with Crippen molar-refractivity contribution in [1.82, 2.24) is 10.6 Å². The number of rotatable bonds is 10. The van der Waals surface area contributed by atoms with E-state index >= 15 is 0 Å². The van der Waals surface area contributed by atoms with Crippen molar-refractivity contribution in [3.63, 3.8) is 0 Å². The number of ether oxygens (including phenoxy) is 2. The Morgan fingerprint density at radius 1 is 0.839 bits per heavy atom. The molecule has 2 rings (SSSR count). The van der Waals surface area contributed by atoms with E-state index in [1.807, 2.05) is 13.8 Å². The van der Waals surface area contributed by atoms with Crippen LogP contribution in [-0.2, 0) is 9.59 Å². The van der Waals surface area contributed by atoms with Crippen molar-refractivity contribution in [3.8, 4) is 11.5 Å². The second kappa shape index (κ2) is 11.3.